The Morgan fingerprint density at radius 1 is 1.15 bits per heavy atom. The van der Waals surface area contributed by atoms with Gasteiger partial charge in [-0.1, -0.05) is 30.0 Å². The monoisotopic (exact) mass is 474 g/mol. The third kappa shape index (κ3) is 3.92. The van der Waals surface area contributed by atoms with Gasteiger partial charge in [0.1, 0.15) is 28.5 Å². The highest BCUT2D eigenvalue weighted by Crippen LogP contribution is 2.40. The number of thioether (sulfide) groups is 1. The second kappa shape index (κ2) is 8.57. The van der Waals surface area contributed by atoms with E-state index in [1.165, 1.54) is 11.8 Å². The lowest BCUT2D eigenvalue weighted by atomic mass is 10.1. The topological polar surface area (TPSA) is 95.3 Å². The number of para-hydroxylation sites is 1. The number of methoxy groups -OCH3 is 1. The minimum absolute atomic E-state index is 0.167. The first-order valence-electron chi connectivity index (χ1n) is 11.1. The predicted octanol–water partition coefficient (Wildman–Crippen LogP) is 5.44. The zero-order valence-corrected chi connectivity index (χ0v) is 19.3. The molecular weight excluding hydrogens is 452 g/mol. The fraction of sp³-hybridized carbons (Fsp3) is 0.240. The molecule has 6 rings (SSSR count). The number of anilines is 1. The SMILES string of the molecule is COc1cc2c(cc1NC(=O)CSc1nnc(C3CC3)n1Cc1ccco1)oc1ccccc12. The lowest BCUT2D eigenvalue weighted by molar-refractivity contribution is -0.113. The van der Waals surface area contributed by atoms with E-state index in [1.807, 2.05) is 42.5 Å². The standard InChI is InChI=1S/C25H22N4O4S/c1-31-22-11-18-17-6-2-3-7-20(17)33-21(18)12-19(22)26-23(30)14-34-25-28-27-24(15-8-9-15)29(25)13-16-5-4-10-32-16/h2-7,10-12,15H,8-9,13-14H2,1H3,(H,26,30). The largest absolute Gasteiger partial charge is 0.495 e. The summed E-state index contributed by atoms with van der Waals surface area (Å²) in [5.41, 5.74) is 2.05. The average molecular weight is 475 g/mol. The van der Waals surface area contributed by atoms with Crippen LogP contribution < -0.4 is 10.1 Å². The van der Waals surface area contributed by atoms with Crippen LogP contribution in [0, 0.1) is 0 Å². The molecule has 3 heterocycles. The molecule has 1 aliphatic carbocycles. The highest BCUT2D eigenvalue weighted by Gasteiger charge is 2.31. The van der Waals surface area contributed by atoms with Crippen molar-refractivity contribution in [3.8, 4) is 5.75 Å². The van der Waals surface area contributed by atoms with Crippen LogP contribution in [0.4, 0.5) is 5.69 Å². The highest BCUT2D eigenvalue weighted by atomic mass is 32.2. The summed E-state index contributed by atoms with van der Waals surface area (Å²) in [4.78, 5) is 12.8. The van der Waals surface area contributed by atoms with Gasteiger partial charge in [-0.05, 0) is 37.1 Å². The van der Waals surface area contributed by atoms with Crippen LogP contribution in [0.15, 0.2) is 68.8 Å². The van der Waals surface area contributed by atoms with E-state index < -0.39 is 0 Å². The molecule has 2 aromatic carbocycles. The van der Waals surface area contributed by atoms with E-state index in [2.05, 4.69) is 20.1 Å². The summed E-state index contributed by atoms with van der Waals surface area (Å²) < 4.78 is 19.1. The maximum Gasteiger partial charge on any atom is 0.234 e. The molecule has 1 amide bonds. The normalized spacial score (nSPS) is 13.6. The maximum absolute atomic E-state index is 12.8. The van der Waals surface area contributed by atoms with Crippen molar-refractivity contribution in [2.24, 2.45) is 0 Å². The van der Waals surface area contributed by atoms with E-state index in [0.717, 1.165) is 40.8 Å². The van der Waals surface area contributed by atoms with Crippen molar-refractivity contribution in [1.29, 1.82) is 0 Å². The molecule has 0 radical (unpaired) electrons. The summed E-state index contributed by atoms with van der Waals surface area (Å²) in [5, 5.41) is 14.3. The fourth-order valence-corrected chi connectivity index (χ4v) is 4.84. The van der Waals surface area contributed by atoms with Gasteiger partial charge in [0.05, 0.1) is 31.4 Å². The number of aromatic nitrogens is 3. The van der Waals surface area contributed by atoms with E-state index in [-0.39, 0.29) is 11.7 Å². The molecule has 1 saturated carbocycles. The highest BCUT2D eigenvalue weighted by molar-refractivity contribution is 7.99. The molecule has 34 heavy (non-hydrogen) atoms. The summed E-state index contributed by atoms with van der Waals surface area (Å²) in [5.74, 6) is 2.81. The number of hydrogen-bond acceptors (Lipinski definition) is 7. The van der Waals surface area contributed by atoms with E-state index >= 15 is 0 Å². The summed E-state index contributed by atoms with van der Waals surface area (Å²) in [6, 6.07) is 15.3. The van der Waals surface area contributed by atoms with Gasteiger partial charge in [-0.2, -0.15) is 0 Å². The van der Waals surface area contributed by atoms with E-state index in [0.29, 0.717) is 34.6 Å². The first kappa shape index (κ1) is 20.9. The van der Waals surface area contributed by atoms with E-state index in [1.54, 1.807) is 19.4 Å². The Balaban J connectivity index is 1.21. The van der Waals surface area contributed by atoms with E-state index in [4.69, 9.17) is 13.6 Å². The number of carbonyl (C=O) groups excluding carboxylic acids is 1. The van der Waals surface area contributed by atoms with Gasteiger partial charge in [0.15, 0.2) is 5.16 Å². The summed E-state index contributed by atoms with van der Waals surface area (Å²) >= 11 is 1.35. The lowest BCUT2D eigenvalue weighted by Crippen LogP contribution is -2.15. The van der Waals surface area contributed by atoms with Crippen molar-refractivity contribution in [3.05, 3.63) is 66.4 Å². The van der Waals surface area contributed by atoms with Crippen molar-refractivity contribution in [2.45, 2.75) is 30.5 Å². The molecule has 5 aromatic rings. The van der Waals surface area contributed by atoms with Crippen molar-refractivity contribution in [1.82, 2.24) is 14.8 Å². The van der Waals surface area contributed by atoms with Gasteiger partial charge in [-0.25, -0.2) is 0 Å². The number of benzene rings is 2. The number of hydrogen-bond donors (Lipinski definition) is 1. The van der Waals surface area contributed by atoms with Gasteiger partial charge in [-0.15, -0.1) is 10.2 Å². The Kier molecular flexibility index (Phi) is 5.26. The number of nitrogens with one attached hydrogen (secondary N) is 1. The second-order valence-electron chi connectivity index (χ2n) is 8.26. The minimum atomic E-state index is -0.167. The van der Waals surface area contributed by atoms with Crippen LogP contribution in [-0.4, -0.2) is 33.5 Å². The first-order chi connectivity index (χ1) is 16.7. The Hall–Kier alpha value is -3.72. The minimum Gasteiger partial charge on any atom is -0.495 e. The quantitative estimate of drug-likeness (QED) is 0.299. The maximum atomic E-state index is 12.8. The summed E-state index contributed by atoms with van der Waals surface area (Å²) in [7, 11) is 1.59. The predicted molar refractivity (Wildman–Crippen MR) is 129 cm³/mol. The van der Waals surface area contributed by atoms with Gasteiger partial charge >= 0.3 is 0 Å². The molecule has 1 aliphatic rings. The van der Waals surface area contributed by atoms with Crippen LogP contribution in [-0.2, 0) is 11.3 Å². The first-order valence-corrected chi connectivity index (χ1v) is 12.1. The molecule has 0 aliphatic heterocycles. The van der Waals surface area contributed by atoms with Gasteiger partial charge in [0.2, 0.25) is 5.91 Å². The van der Waals surface area contributed by atoms with Crippen LogP contribution >= 0.6 is 11.8 Å². The van der Waals surface area contributed by atoms with Crippen LogP contribution in [0.1, 0.15) is 30.3 Å². The Morgan fingerprint density at radius 2 is 2.03 bits per heavy atom. The number of furan rings is 2. The number of rotatable bonds is 8. The number of amides is 1. The third-order valence-electron chi connectivity index (χ3n) is 5.89. The van der Waals surface area contributed by atoms with Gasteiger partial charge in [-0.3, -0.25) is 9.36 Å². The lowest BCUT2D eigenvalue weighted by Gasteiger charge is -2.11. The second-order valence-corrected chi connectivity index (χ2v) is 9.21. The van der Waals surface area contributed by atoms with Gasteiger partial charge in [0, 0.05) is 22.8 Å². The zero-order chi connectivity index (χ0) is 23.1. The third-order valence-corrected chi connectivity index (χ3v) is 6.85. The summed E-state index contributed by atoms with van der Waals surface area (Å²) in [6.07, 6.45) is 3.89. The molecule has 0 bridgehead atoms. The molecule has 1 N–H and O–H groups in total. The molecule has 9 heteroatoms. The van der Waals surface area contributed by atoms with Crippen molar-refractivity contribution in [2.75, 3.05) is 18.2 Å². The van der Waals surface area contributed by atoms with Gasteiger partial charge < -0.3 is 18.9 Å². The molecule has 8 nitrogen and oxygen atoms in total. The number of fused-ring (bicyclic) bond motifs is 3. The smallest absolute Gasteiger partial charge is 0.234 e. The Labute approximate surface area is 199 Å². The number of ether oxygens (including phenoxy) is 1. The van der Waals surface area contributed by atoms with Crippen LogP contribution in [0.25, 0.3) is 21.9 Å². The zero-order valence-electron chi connectivity index (χ0n) is 18.5. The van der Waals surface area contributed by atoms with Gasteiger partial charge in [0.25, 0.3) is 0 Å². The molecule has 0 spiro atoms. The molecular formula is C25H22N4O4S. The van der Waals surface area contributed by atoms with Crippen LogP contribution in [0.5, 0.6) is 5.75 Å². The average Bonchev–Trinajstić information content (AvgIpc) is 3.25. The molecule has 0 atom stereocenters. The molecule has 0 unspecified atom stereocenters. The molecule has 3 aromatic heterocycles. The number of carbonyl (C=O) groups is 1. The van der Waals surface area contributed by atoms with Crippen molar-refractivity contribution < 1.29 is 18.4 Å². The number of nitrogens with zero attached hydrogens (tertiary/aromatic N) is 3. The van der Waals surface area contributed by atoms with Crippen molar-refractivity contribution in [3.63, 3.8) is 0 Å². The van der Waals surface area contributed by atoms with Crippen LogP contribution in [0.2, 0.25) is 0 Å². The molecule has 172 valence electrons. The van der Waals surface area contributed by atoms with E-state index in [9.17, 15) is 4.79 Å². The van der Waals surface area contributed by atoms with Crippen LogP contribution in [0.3, 0.4) is 0 Å². The van der Waals surface area contributed by atoms with Crippen molar-refractivity contribution >= 4 is 45.3 Å². The Bertz CT molecular complexity index is 1480. The molecule has 0 saturated heterocycles. The fourth-order valence-electron chi connectivity index (χ4n) is 4.09. The molecule has 1 fully saturated rings. The summed E-state index contributed by atoms with van der Waals surface area (Å²) in [6.45, 7) is 0.548. The Morgan fingerprint density at radius 3 is 2.82 bits per heavy atom.